The number of nitrogens with zero attached hydrogens (tertiary/aromatic N) is 2. The summed E-state index contributed by atoms with van der Waals surface area (Å²) in [6, 6.07) is 4.44. The molecule has 17 heavy (non-hydrogen) atoms. The first-order valence-corrected chi connectivity index (χ1v) is 6.79. The molecule has 2 rings (SSSR count). The van der Waals surface area contributed by atoms with Crippen molar-refractivity contribution >= 4 is 5.82 Å². The van der Waals surface area contributed by atoms with Gasteiger partial charge in [0.25, 0.3) is 0 Å². The summed E-state index contributed by atoms with van der Waals surface area (Å²) in [7, 11) is 0. The minimum Gasteiger partial charge on any atom is -0.357 e. The molecule has 0 amide bonds. The maximum absolute atomic E-state index is 5.59. The van der Waals surface area contributed by atoms with Crippen LogP contribution in [0, 0.1) is 0 Å². The highest BCUT2D eigenvalue weighted by atomic mass is 15.2. The standard InChI is InChI=1S/C14H23N3/c1-2-10-17(11-4-9-15)14-8-7-12-5-3-6-13(12)16-14/h7-8H,2-6,9-11,15H2,1H3. The molecule has 1 heterocycles. The van der Waals surface area contributed by atoms with Gasteiger partial charge in [0.15, 0.2) is 0 Å². The van der Waals surface area contributed by atoms with E-state index in [1.807, 2.05) is 0 Å². The quantitative estimate of drug-likeness (QED) is 0.818. The summed E-state index contributed by atoms with van der Waals surface area (Å²) in [5.41, 5.74) is 8.36. The minimum atomic E-state index is 0.755. The molecule has 3 nitrogen and oxygen atoms in total. The van der Waals surface area contributed by atoms with Gasteiger partial charge in [-0.2, -0.15) is 0 Å². The molecule has 2 N–H and O–H groups in total. The first kappa shape index (κ1) is 12.4. The lowest BCUT2D eigenvalue weighted by atomic mass is 10.2. The molecule has 1 aliphatic carbocycles. The van der Waals surface area contributed by atoms with Crippen molar-refractivity contribution in [3.63, 3.8) is 0 Å². The van der Waals surface area contributed by atoms with Crippen LogP contribution >= 0.6 is 0 Å². The van der Waals surface area contributed by atoms with Crippen molar-refractivity contribution in [2.45, 2.75) is 39.0 Å². The summed E-state index contributed by atoms with van der Waals surface area (Å²) in [5.74, 6) is 1.14. The maximum Gasteiger partial charge on any atom is 0.128 e. The second kappa shape index (κ2) is 6.01. The Balaban J connectivity index is 2.11. The summed E-state index contributed by atoms with van der Waals surface area (Å²) in [6.07, 6.45) is 5.82. The van der Waals surface area contributed by atoms with Gasteiger partial charge in [-0.15, -0.1) is 0 Å². The van der Waals surface area contributed by atoms with E-state index in [2.05, 4.69) is 24.0 Å². The molecule has 0 fully saturated rings. The average Bonchev–Trinajstić information content (AvgIpc) is 2.81. The Morgan fingerprint density at radius 1 is 1.29 bits per heavy atom. The third kappa shape index (κ3) is 2.97. The van der Waals surface area contributed by atoms with Gasteiger partial charge >= 0.3 is 0 Å². The summed E-state index contributed by atoms with van der Waals surface area (Å²) < 4.78 is 0. The Labute approximate surface area is 104 Å². The fourth-order valence-corrected chi connectivity index (χ4v) is 2.48. The molecular formula is C14H23N3. The van der Waals surface area contributed by atoms with Crippen molar-refractivity contribution in [2.24, 2.45) is 5.73 Å². The van der Waals surface area contributed by atoms with E-state index < -0.39 is 0 Å². The minimum absolute atomic E-state index is 0.755. The number of pyridine rings is 1. The molecule has 1 aromatic rings. The van der Waals surface area contributed by atoms with Crippen LogP contribution in [0.5, 0.6) is 0 Å². The van der Waals surface area contributed by atoms with E-state index >= 15 is 0 Å². The number of nitrogens with two attached hydrogens (primary N) is 1. The van der Waals surface area contributed by atoms with Crippen molar-refractivity contribution in [3.8, 4) is 0 Å². The van der Waals surface area contributed by atoms with E-state index in [9.17, 15) is 0 Å². The Hall–Kier alpha value is -1.09. The number of hydrogen-bond acceptors (Lipinski definition) is 3. The molecule has 94 valence electrons. The zero-order valence-corrected chi connectivity index (χ0v) is 10.8. The molecule has 1 aliphatic rings. The van der Waals surface area contributed by atoms with Gasteiger partial charge in [0.2, 0.25) is 0 Å². The zero-order valence-electron chi connectivity index (χ0n) is 10.8. The highest BCUT2D eigenvalue weighted by Gasteiger charge is 2.14. The Bertz CT molecular complexity index is 362. The summed E-state index contributed by atoms with van der Waals surface area (Å²) in [4.78, 5) is 7.18. The highest BCUT2D eigenvalue weighted by molar-refractivity contribution is 5.43. The van der Waals surface area contributed by atoms with Gasteiger partial charge in [0.1, 0.15) is 5.82 Å². The molecule has 0 spiro atoms. The monoisotopic (exact) mass is 233 g/mol. The number of aromatic nitrogens is 1. The van der Waals surface area contributed by atoms with E-state index in [1.54, 1.807) is 0 Å². The molecule has 3 heteroatoms. The number of rotatable bonds is 6. The number of aryl methyl sites for hydroxylation is 2. The zero-order chi connectivity index (χ0) is 12.1. The van der Waals surface area contributed by atoms with Crippen molar-refractivity contribution in [3.05, 3.63) is 23.4 Å². The number of anilines is 1. The lowest BCUT2D eigenvalue weighted by Crippen LogP contribution is -2.28. The molecular weight excluding hydrogens is 210 g/mol. The summed E-state index contributed by atoms with van der Waals surface area (Å²) >= 11 is 0. The molecule has 0 aromatic carbocycles. The lowest BCUT2D eigenvalue weighted by molar-refractivity contribution is 0.710. The van der Waals surface area contributed by atoms with Crippen LogP contribution in [0.1, 0.15) is 37.4 Å². The van der Waals surface area contributed by atoms with Crippen LogP contribution in [0.25, 0.3) is 0 Å². The van der Waals surface area contributed by atoms with Gasteiger partial charge in [-0.25, -0.2) is 4.98 Å². The highest BCUT2D eigenvalue weighted by Crippen LogP contribution is 2.23. The third-order valence-electron chi connectivity index (χ3n) is 3.36. The number of fused-ring (bicyclic) bond motifs is 1. The number of hydrogen-bond donors (Lipinski definition) is 1. The van der Waals surface area contributed by atoms with E-state index in [1.165, 1.54) is 24.1 Å². The van der Waals surface area contributed by atoms with Crippen molar-refractivity contribution in [2.75, 3.05) is 24.5 Å². The predicted molar refractivity (Wildman–Crippen MR) is 72.4 cm³/mol. The molecule has 0 unspecified atom stereocenters. The topological polar surface area (TPSA) is 42.1 Å². The molecule has 0 radical (unpaired) electrons. The average molecular weight is 233 g/mol. The van der Waals surface area contributed by atoms with Gasteiger partial charge in [-0.1, -0.05) is 13.0 Å². The fourth-order valence-electron chi connectivity index (χ4n) is 2.48. The van der Waals surface area contributed by atoms with Crippen LogP contribution in [0.3, 0.4) is 0 Å². The molecule has 0 saturated heterocycles. The van der Waals surface area contributed by atoms with Gasteiger partial charge < -0.3 is 10.6 Å². The lowest BCUT2D eigenvalue weighted by Gasteiger charge is -2.23. The molecule has 0 atom stereocenters. The van der Waals surface area contributed by atoms with E-state index in [0.717, 1.165) is 44.7 Å². The molecule has 0 aliphatic heterocycles. The van der Waals surface area contributed by atoms with Crippen LogP contribution in [0.2, 0.25) is 0 Å². The SMILES string of the molecule is CCCN(CCCN)c1ccc2c(n1)CCC2. The van der Waals surface area contributed by atoms with Crippen molar-refractivity contribution in [1.29, 1.82) is 0 Å². The summed E-state index contributed by atoms with van der Waals surface area (Å²) in [5, 5.41) is 0. The van der Waals surface area contributed by atoms with Gasteiger partial charge in [0.05, 0.1) is 0 Å². The maximum atomic E-state index is 5.59. The van der Waals surface area contributed by atoms with Gasteiger partial charge in [-0.05, 0) is 50.3 Å². The van der Waals surface area contributed by atoms with E-state index in [-0.39, 0.29) is 0 Å². The van der Waals surface area contributed by atoms with Crippen LogP contribution in [0.4, 0.5) is 5.82 Å². The van der Waals surface area contributed by atoms with Gasteiger partial charge in [-0.3, -0.25) is 0 Å². The third-order valence-corrected chi connectivity index (χ3v) is 3.36. The normalized spacial score (nSPS) is 13.8. The predicted octanol–water partition coefficient (Wildman–Crippen LogP) is 2.14. The molecule has 0 saturated carbocycles. The van der Waals surface area contributed by atoms with Crippen LogP contribution in [-0.2, 0) is 12.8 Å². The largest absolute Gasteiger partial charge is 0.357 e. The Kier molecular flexibility index (Phi) is 4.37. The fraction of sp³-hybridized carbons (Fsp3) is 0.643. The van der Waals surface area contributed by atoms with Crippen molar-refractivity contribution < 1.29 is 0 Å². The Morgan fingerprint density at radius 2 is 2.18 bits per heavy atom. The van der Waals surface area contributed by atoms with Crippen LogP contribution in [0.15, 0.2) is 12.1 Å². The Morgan fingerprint density at radius 3 is 2.94 bits per heavy atom. The summed E-state index contributed by atoms with van der Waals surface area (Å²) in [6.45, 7) is 5.07. The van der Waals surface area contributed by atoms with Crippen LogP contribution < -0.4 is 10.6 Å². The second-order valence-electron chi connectivity index (χ2n) is 4.76. The van der Waals surface area contributed by atoms with E-state index in [0.29, 0.717) is 0 Å². The first-order chi connectivity index (χ1) is 8.35. The van der Waals surface area contributed by atoms with Crippen molar-refractivity contribution in [1.82, 2.24) is 4.98 Å². The smallest absolute Gasteiger partial charge is 0.128 e. The van der Waals surface area contributed by atoms with Crippen LogP contribution in [-0.4, -0.2) is 24.6 Å². The second-order valence-corrected chi connectivity index (χ2v) is 4.76. The molecule has 0 bridgehead atoms. The van der Waals surface area contributed by atoms with Gasteiger partial charge in [0, 0.05) is 18.8 Å². The molecule has 1 aromatic heterocycles. The first-order valence-electron chi connectivity index (χ1n) is 6.79. The van der Waals surface area contributed by atoms with E-state index in [4.69, 9.17) is 10.7 Å².